The summed E-state index contributed by atoms with van der Waals surface area (Å²) in [5.41, 5.74) is 0. The Morgan fingerprint density at radius 3 is 1.35 bits per heavy atom. The van der Waals surface area contributed by atoms with Gasteiger partial charge < -0.3 is 14.2 Å². The Morgan fingerprint density at radius 2 is 0.885 bits per heavy atom. The summed E-state index contributed by atoms with van der Waals surface area (Å²) < 4.78 is 15.1. The second kappa shape index (κ2) is 20.2. The van der Waals surface area contributed by atoms with Gasteiger partial charge in [0.2, 0.25) is 0 Å². The van der Waals surface area contributed by atoms with Crippen LogP contribution in [-0.4, -0.2) is 38.4 Å². The first-order chi connectivity index (χ1) is 12.7. The van der Waals surface area contributed by atoms with E-state index < -0.39 is 11.9 Å². The Hall–Kier alpha value is -1.10. The molecule has 0 aromatic heterocycles. The van der Waals surface area contributed by atoms with Crippen molar-refractivity contribution in [2.45, 2.75) is 97.3 Å². The molecule has 0 fully saturated rings. The fourth-order valence-corrected chi connectivity index (χ4v) is 2.61. The molecule has 0 aliphatic heterocycles. The lowest BCUT2D eigenvalue weighted by Crippen LogP contribution is -2.19. The second-order valence-electron chi connectivity index (χ2n) is 6.82. The molecule has 0 saturated carbocycles. The maximum atomic E-state index is 11.5. The standard InChI is InChI=1S/C21H40O5/c1-3-5-7-8-9-10-11-12-13-15-17-26-21(23)19-24-18-20(22)25-16-14-6-4-2/h3-19H2,1-2H3. The number of hydrogen-bond acceptors (Lipinski definition) is 5. The van der Waals surface area contributed by atoms with E-state index >= 15 is 0 Å². The molecule has 5 heteroatoms. The van der Waals surface area contributed by atoms with Crippen LogP contribution in [0.1, 0.15) is 97.3 Å². The number of hydrogen-bond donors (Lipinski definition) is 0. The highest BCUT2D eigenvalue weighted by Crippen LogP contribution is 2.10. The zero-order valence-corrected chi connectivity index (χ0v) is 17.1. The van der Waals surface area contributed by atoms with E-state index in [1.807, 2.05) is 0 Å². The molecule has 0 heterocycles. The van der Waals surface area contributed by atoms with Gasteiger partial charge in [-0.25, -0.2) is 9.59 Å². The number of rotatable bonds is 19. The minimum atomic E-state index is -0.427. The van der Waals surface area contributed by atoms with E-state index in [1.165, 1.54) is 51.4 Å². The number of unbranched alkanes of at least 4 members (excludes halogenated alkanes) is 11. The smallest absolute Gasteiger partial charge is 0.332 e. The van der Waals surface area contributed by atoms with Gasteiger partial charge in [-0.3, -0.25) is 0 Å². The molecule has 0 bridgehead atoms. The average molecular weight is 373 g/mol. The topological polar surface area (TPSA) is 61.8 Å². The maximum Gasteiger partial charge on any atom is 0.332 e. The van der Waals surface area contributed by atoms with Crippen molar-refractivity contribution in [2.75, 3.05) is 26.4 Å². The molecule has 0 saturated heterocycles. The zero-order chi connectivity index (χ0) is 19.3. The summed E-state index contributed by atoms with van der Waals surface area (Å²) in [6.07, 6.45) is 15.5. The Bertz CT molecular complexity index is 330. The number of ether oxygens (including phenoxy) is 3. The van der Waals surface area contributed by atoms with Crippen molar-refractivity contribution in [1.82, 2.24) is 0 Å². The predicted molar refractivity (Wildman–Crippen MR) is 104 cm³/mol. The number of carbonyl (C=O) groups excluding carboxylic acids is 2. The molecule has 26 heavy (non-hydrogen) atoms. The highest BCUT2D eigenvalue weighted by molar-refractivity contribution is 5.73. The molecular formula is C21H40O5. The molecule has 5 nitrogen and oxygen atoms in total. The van der Waals surface area contributed by atoms with Gasteiger partial charge >= 0.3 is 11.9 Å². The Morgan fingerprint density at radius 1 is 0.538 bits per heavy atom. The van der Waals surface area contributed by atoms with Gasteiger partial charge in [0.25, 0.3) is 0 Å². The van der Waals surface area contributed by atoms with E-state index in [2.05, 4.69) is 13.8 Å². The molecule has 0 amide bonds. The van der Waals surface area contributed by atoms with Crippen LogP contribution in [0.2, 0.25) is 0 Å². The molecular weight excluding hydrogens is 332 g/mol. The van der Waals surface area contributed by atoms with E-state index in [0.717, 1.165) is 32.1 Å². The highest BCUT2D eigenvalue weighted by Gasteiger charge is 2.07. The molecule has 0 rings (SSSR count). The lowest BCUT2D eigenvalue weighted by molar-refractivity contribution is -0.155. The largest absolute Gasteiger partial charge is 0.464 e. The van der Waals surface area contributed by atoms with E-state index in [9.17, 15) is 9.59 Å². The third kappa shape index (κ3) is 19.2. The lowest BCUT2D eigenvalue weighted by atomic mass is 10.1. The van der Waals surface area contributed by atoms with E-state index in [4.69, 9.17) is 14.2 Å². The molecule has 0 aromatic carbocycles. The Balaban J connectivity index is 3.28. The van der Waals surface area contributed by atoms with Crippen molar-refractivity contribution in [2.24, 2.45) is 0 Å². The fourth-order valence-electron chi connectivity index (χ4n) is 2.61. The van der Waals surface area contributed by atoms with E-state index in [-0.39, 0.29) is 13.2 Å². The number of esters is 2. The Kier molecular flexibility index (Phi) is 19.4. The highest BCUT2D eigenvalue weighted by atomic mass is 16.6. The summed E-state index contributed by atoms with van der Waals surface area (Å²) in [4.78, 5) is 22.8. The summed E-state index contributed by atoms with van der Waals surface area (Å²) in [5, 5.41) is 0. The number of carbonyl (C=O) groups is 2. The molecule has 0 atom stereocenters. The van der Waals surface area contributed by atoms with Gasteiger partial charge in [-0.2, -0.15) is 0 Å². The van der Waals surface area contributed by atoms with Crippen molar-refractivity contribution in [3.05, 3.63) is 0 Å². The van der Waals surface area contributed by atoms with Gasteiger partial charge in [-0.15, -0.1) is 0 Å². The van der Waals surface area contributed by atoms with Crippen molar-refractivity contribution in [1.29, 1.82) is 0 Å². The minimum Gasteiger partial charge on any atom is -0.464 e. The van der Waals surface area contributed by atoms with Crippen LogP contribution in [0.25, 0.3) is 0 Å². The first-order valence-electron chi connectivity index (χ1n) is 10.6. The fraction of sp³-hybridized carbons (Fsp3) is 0.905. The van der Waals surface area contributed by atoms with Crippen LogP contribution in [0.15, 0.2) is 0 Å². The van der Waals surface area contributed by atoms with Gasteiger partial charge in [0.1, 0.15) is 13.2 Å². The summed E-state index contributed by atoms with van der Waals surface area (Å²) in [7, 11) is 0. The van der Waals surface area contributed by atoms with Crippen molar-refractivity contribution in [3.8, 4) is 0 Å². The summed E-state index contributed by atoms with van der Waals surface area (Å²) >= 11 is 0. The second-order valence-corrected chi connectivity index (χ2v) is 6.82. The molecule has 0 N–H and O–H groups in total. The molecule has 0 aliphatic rings. The van der Waals surface area contributed by atoms with Crippen LogP contribution in [0.3, 0.4) is 0 Å². The first kappa shape index (κ1) is 24.9. The quantitative estimate of drug-likeness (QED) is 0.230. The first-order valence-corrected chi connectivity index (χ1v) is 10.6. The van der Waals surface area contributed by atoms with Crippen LogP contribution in [0.4, 0.5) is 0 Å². The van der Waals surface area contributed by atoms with E-state index in [0.29, 0.717) is 13.2 Å². The van der Waals surface area contributed by atoms with Gasteiger partial charge in [0.05, 0.1) is 13.2 Å². The summed E-state index contributed by atoms with van der Waals surface area (Å²) in [6, 6.07) is 0. The molecule has 0 aromatic rings. The monoisotopic (exact) mass is 372 g/mol. The van der Waals surface area contributed by atoms with Gasteiger partial charge in [0.15, 0.2) is 0 Å². The normalized spacial score (nSPS) is 10.7. The third-order valence-electron chi connectivity index (χ3n) is 4.21. The van der Waals surface area contributed by atoms with Crippen LogP contribution in [-0.2, 0) is 23.8 Å². The SMILES string of the molecule is CCCCCCCCCCCCOC(=O)COCC(=O)OCCCCC. The van der Waals surface area contributed by atoms with Crippen LogP contribution < -0.4 is 0 Å². The van der Waals surface area contributed by atoms with Crippen molar-refractivity contribution >= 4 is 11.9 Å². The maximum absolute atomic E-state index is 11.5. The molecule has 0 unspecified atom stereocenters. The molecule has 154 valence electrons. The van der Waals surface area contributed by atoms with Crippen LogP contribution in [0, 0.1) is 0 Å². The van der Waals surface area contributed by atoms with Gasteiger partial charge in [0, 0.05) is 0 Å². The zero-order valence-electron chi connectivity index (χ0n) is 17.1. The van der Waals surface area contributed by atoms with E-state index in [1.54, 1.807) is 0 Å². The van der Waals surface area contributed by atoms with Crippen molar-refractivity contribution in [3.63, 3.8) is 0 Å². The van der Waals surface area contributed by atoms with Crippen molar-refractivity contribution < 1.29 is 23.8 Å². The molecule has 0 aliphatic carbocycles. The average Bonchev–Trinajstić information content (AvgIpc) is 2.63. The predicted octanol–water partition coefficient (Wildman–Crippen LogP) is 5.20. The van der Waals surface area contributed by atoms with Crippen LogP contribution in [0.5, 0.6) is 0 Å². The summed E-state index contributed by atoms with van der Waals surface area (Å²) in [6.45, 7) is 4.79. The molecule has 0 spiro atoms. The van der Waals surface area contributed by atoms with Gasteiger partial charge in [-0.1, -0.05) is 84.5 Å². The lowest BCUT2D eigenvalue weighted by Gasteiger charge is -2.07. The summed E-state index contributed by atoms with van der Waals surface area (Å²) in [5.74, 6) is -0.844. The van der Waals surface area contributed by atoms with Crippen LogP contribution >= 0.6 is 0 Å². The Labute approximate surface area is 160 Å². The van der Waals surface area contributed by atoms with Gasteiger partial charge in [-0.05, 0) is 12.8 Å². The third-order valence-corrected chi connectivity index (χ3v) is 4.21. The molecule has 0 radical (unpaired) electrons. The minimum absolute atomic E-state index is 0.193.